The first-order valence-corrected chi connectivity index (χ1v) is 7.03. The van der Waals surface area contributed by atoms with Gasteiger partial charge in [-0.25, -0.2) is 9.97 Å². The average Bonchev–Trinajstić information content (AvgIpc) is 2.40. The van der Waals surface area contributed by atoms with Crippen LogP contribution in [0, 0.1) is 0 Å². The van der Waals surface area contributed by atoms with Gasteiger partial charge in [0.15, 0.2) is 5.16 Å². The van der Waals surface area contributed by atoms with Gasteiger partial charge < -0.3 is 4.90 Å². The summed E-state index contributed by atoms with van der Waals surface area (Å²) >= 11 is 7.19. The summed E-state index contributed by atoms with van der Waals surface area (Å²) in [5.41, 5.74) is 0. The van der Waals surface area contributed by atoms with Crippen LogP contribution in [-0.2, 0) is 0 Å². The SMILES string of the molecule is CCN(CC)c1nc(Cl)nc(Sc2ncccn2)n1. The Hall–Kier alpha value is -1.47. The molecule has 0 amide bonds. The Kier molecular flexibility index (Phi) is 4.86. The van der Waals surface area contributed by atoms with Crippen LogP contribution < -0.4 is 4.90 Å². The van der Waals surface area contributed by atoms with E-state index in [-0.39, 0.29) is 5.28 Å². The largest absolute Gasteiger partial charge is 0.341 e. The van der Waals surface area contributed by atoms with Gasteiger partial charge in [0.1, 0.15) is 0 Å². The summed E-state index contributed by atoms with van der Waals surface area (Å²) in [6.07, 6.45) is 3.34. The fourth-order valence-corrected chi connectivity index (χ4v) is 2.29. The van der Waals surface area contributed by atoms with Crippen LogP contribution in [-0.4, -0.2) is 38.0 Å². The predicted octanol–water partition coefficient (Wildman–Crippen LogP) is 2.31. The zero-order valence-electron chi connectivity index (χ0n) is 10.6. The quantitative estimate of drug-likeness (QED) is 0.784. The topological polar surface area (TPSA) is 67.7 Å². The Morgan fingerprint density at radius 2 is 1.74 bits per heavy atom. The predicted molar refractivity (Wildman–Crippen MR) is 74.6 cm³/mol. The molecule has 0 atom stereocenters. The Morgan fingerprint density at radius 1 is 1.05 bits per heavy atom. The summed E-state index contributed by atoms with van der Waals surface area (Å²) in [5, 5.41) is 1.25. The number of halogens is 1. The van der Waals surface area contributed by atoms with Gasteiger partial charge >= 0.3 is 0 Å². The van der Waals surface area contributed by atoms with Crippen molar-refractivity contribution >= 4 is 29.3 Å². The van der Waals surface area contributed by atoms with Gasteiger partial charge in [-0.05, 0) is 43.3 Å². The van der Waals surface area contributed by atoms with Gasteiger partial charge in [-0.1, -0.05) is 0 Å². The maximum absolute atomic E-state index is 5.93. The summed E-state index contributed by atoms with van der Waals surface area (Å²) in [4.78, 5) is 22.8. The number of hydrogen-bond acceptors (Lipinski definition) is 7. The maximum Gasteiger partial charge on any atom is 0.230 e. The fraction of sp³-hybridized carbons (Fsp3) is 0.364. The minimum Gasteiger partial charge on any atom is -0.341 e. The monoisotopic (exact) mass is 296 g/mol. The third kappa shape index (κ3) is 3.74. The Morgan fingerprint density at radius 3 is 2.37 bits per heavy atom. The highest BCUT2D eigenvalue weighted by Crippen LogP contribution is 2.23. The molecule has 0 radical (unpaired) electrons. The first-order chi connectivity index (χ1) is 9.22. The second-order valence-electron chi connectivity index (χ2n) is 3.49. The molecule has 0 bridgehead atoms. The lowest BCUT2D eigenvalue weighted by molar-refractivity contribution is 0.780. The molecular weight excluding hydrogens is 284 g/mol. The van der Waals surface area contributed by atoms with Crippen molar-refractivity contribution in [3.63, 3.8) is 0 Å². The van der Waals surface area contributed by atoms with Crippen LogP contribution in [0.5, 0.6) is 0 Å². The minimum atomic E-state index is 0.176. The van der Waals surface area contributed by atoms with Crippen LogP contribution in [0.15, 0.2) is 28.8 Å². The molecule has 0 aliphatic rings. The lowest BCUT2D eigenvalue weighted by Gasteiger charge is -2.18. The molecule has 2 rings (SSSR count). The molecule has 0 saturated heterocycles. The van der Waals surface area contributed by atoms with Crippen molar-refractivity contribution in [1.82, 2.24) is 24.9 Å². The van der Waals surface area contributed by atoms with Crippen molar-refractivity contribution in [3.8, 4) is 0 Å². The van der Waals surface area contributed by atoms with Crippen molar-refractivity contribution < 1.29 is 0 Å². The van der Waals surface area contributed by atoms with Gasteiger partial charge in [-0.15, -0.1) is 0 Å². The second kappa shape index (κ2) is 6.63. The molecule has 2 aromatic rings. The van der Waals surface area contributed by atoms with Crippen molar-refractivity contribution in [3.05, 3.63) is 23.7 Å². The Labute approximate surface area is 120 Å². The van der Waals surface area contributed by atoms with Gasteiger partial charge in [0.25, 0.3) is 0 Å². The van der Waals surface area contributed by atoms with Crippen molar-refractivity contribution in [2.45, 2.75) is 24.2 Å². The van der Waals surface area contributed by atoms with E-state index in [1.807, 2.05) is 18.7 Å². The zero-order valence-corrected chi connectivity index (χ0v) is 12.2. The zero-order chi connectivity index (χ0) is 13.7. The van der Waals surface area contributed by atoms with E-state index in [4.69, 9.17) is 11.6 Å². The Balaban J connectivity index is 2.26. The molecule has 0 saturated carbocycles. The summed E-state index contributed by atoms with van der Waals surface area (Å²) in [6.45, 7) is 5.69. The summed E-state index contributed by atoms with van der Waals surface area (Å²) < 4.78 is 0. The van der Waals surface area contributed by atoms with Gasteiger partial charge in [-0.2, -0.15) is 15.0 Å². The summed E-state index contributed by atoms with van der Waals surface area (Å²) in [5.74, 6) is 0.573. The van der Waals surface area contributed by atoms with Crippen LogP contribution in [0.2, 0.25) is 5.28 Å². The highest BCUT2D eigenvalue weighted by molar-refractivity contribution is 7.99. The van der Waals surface area contributed by atoms with Crippen molar-refractivity contribution in [2.24, 2.45) is 0 Å². The van der Waals surface area contributed by atoms with Crippen molar-refractivity contribution in [2.75, 3.05) is 18.0 Å². The van der Waals surface area contributed by atoms with Gasteiger partial charge in [0.2, 0.25) is 16.4 Å². The standard InChI is InChI=1S/C11H13ClN6S/c1-3-18(4-2)9-15-8(12)16-11(17-9)19-10-13-6-5-7-14-10/h5-7H,3-4H2,1-2H3. The maximum atomic E-state index is 5.93. The van der Waals surface area contributed by atoms with Gasteiger partial charge in [0, 0.05) is 25.5 Å². The van der Waals surface area contributed by atoms with E-state index in [0.717, 1.165) is 13.1 Å². The van der Waals surface area contributed by atoms with E-state index >= 15 is 0 Å². The van der Waals surface area contributed by atoms with Crippen molar-refractivity contribution in [1.29, 1.82) is 0 Å². The van der Waals surface area contributed by atoms with Crippen LogP contribution in [0.3, 0.4) is 0 Å². The molecule has 0 aliphatic carbocycles. The summed E-state index contributed by atoms with van der Waals surface area (Å²) in [7, 11) is 0. The lowest BCUT2D eigenvalue weighted by atomic mass is 10.5. The van der Waals surface area contributed by atoms with E-state index in [2.05, 4.69) is 24.9 Å². The number of hydrogen-bond donors (Lipinski definition) is 0. The van der Waals surface area contributed by atoms with Crippen LogP contribution in [0.1, 0.15) is 13.8 Å². The third-order valence-electron chi connectivity index (χ3n) is 2.35. The van der Waals surface area contributed by atoms with E-state index in [1.165, 1.54) is 11.8 Å². The average molecular weight is 297 g/mol. The highest BCUT2D eigenvalue weighted by atomic mass is 35.5. The number of nitrogens with zero attached hydrogens (tertiary/aromatic N) is 6. The molecule has 100 valence electrons. The smallest absolute Gasteiger partial charge is 0.230 e. The highest BCUT2D eigenvalue weighted by Gasteiger charge is 2.11. The molecule has 2 aromatic heterocycles. The number of aromatic nitrogens is 5. The molecule has 0 aromatic carbocycles. The van der Waals surface area contributed by atoms with E-state index in [1.54, 1.807) is 18.5 Å². The minimum absolute atomic E-state index is 0.176. The molecular formula is C11H13ClN6S. The second-order valence-corrected chi connectivity index (χ2v) is 4.77. The third-order valence-corrected chi connectivity index (χ3v) is 3.27. The molecule has 0 aliphatic heterocycles. The first kappa shape index (κ1) is 14.0. The number of rotatable bonds is 5. The molecule has 8 heteroatoms. The number of anilines is 1. The molecule has 2 heterocycles. The summed E-state index contributed by atoms with van der Waals surface area (Å²) in [6, 6.07) is 1.76. The molecule has 0 N–H and O–H groups in total. The molecule has 6 nitrogen and oxygen atoms in total. The lowest BCUT2D eigenvalue weighted by Crippen LogP contribution is -2.24. The van der Waals surface area contributed by atoms with E-state index < -0.39 is 0 Å². The van der Waals surface area contributed by atoms with E-state index in [9.17, 15) is 0 Å². The molecule has 0 unspecified atom stereocenters. The van der Waals surface area contributed by atoms with Gasteiger partial charge in [0.05, 0.1) is 0 Å². The van der Waals surface area contributed by atoms with Crippen LogP contribution in [0.25, 0.3) is 0 Å². The van der Waals surface area contributed by atoms with Crippen LogP contribution in [0.4, 0.5) is 5.95 Å². The Bertz CT molecular complexity index is 534. The van der Waals surface area contributed by atoms with Crippen LogP contribution >= 0.6 is 23.4 Å². The normalized spacial score (nSPS) is 10.5. The van der Waals surface area contributed by atoms with Gasteiger partial charge in [-0.3, -0.25) is 0 Å². The molecule has 0 fully saturated rings. The first-order valence-electron chi connectivity index (χ1n) is 5.84. The van der Waals surface area contributed by atoms with E-state index in [0.29, 0.717) is 16.3 Å². The molecule has 19 heavy (non-hydrogen) atoms. The fourth-order valence-electron chi connectivity index (χ4n) is 1.44. The molecule has 0 spiro atoms.